The highest BCUT2D eigenvalue weighted by atomic mass is 16.4. The van der Waals surface area contributed by atoms with Crippen LogP contribution in [0, 0.1) is 5.41 Å². The van der Waals surface area contributed by atoms with Crippen molar-refractivity contribution in [3.05, 3.63) is 0 Å². The van der Waals surface area contributed by atoms with E-state index in [1.807, 2.05) is 4.90 Å². The van der Waals surface area contributed by atoms with E-state index in [0.717, 1.165) is 38.6 Å². The van der Waals surface area contributed by atoms with Crippen LogP contribution in [0.2, 0.25) is 0 Å². The molecule has 1 saturated carbocycles. The Hall–Kier alpha value is -1.26. The van der Waals surface area contributed by atoms with Crippen LogP contribution in [0.25, 0.3) is 0 Å². The predicted octanol–water partition coefficient (Wildman–Crippen LogP) is 2.61. The number of carboxylic acid groups (broad SMARTS) is 1. The van der Waals surface area contributed by atoms with Gasteiger partial charge in [0.05, 0.1) is 5.41 Å². The molecule has 0 spiro atoms. The number of nitrogens with zero attached hydrogens (tertiary/aromatic N) is 1. The number of carbonyl (C=O) groups excluding carboxylic acids is 1. The summed E-state index contributed by atoms with van der Waals surface area (Å²) >= 11 is 0. The fraction of sp³-hybridized carbons (Fsp3) is 0.867. The summed E-state index contributed by atoms with van der Waals surface area (Å²) in [5.74, 6) is -0.766. The van der Waals surface area contributed by atoms with Crippen LogP contribution in [0.4, 0.5) is 4.79 Å². The van der Waals surface area contributed by atoms with Gasteiger partial charge >= 0.3 is 12.0 Å². The standard InChI is InChI=1S/C15H26N2O3/c1-14(2)7-6-10-17(14)13(20)16-11-15(12(18)19)8-4-3-5-9-15/h3-11H2,1-2H3,(H,16,20)(H,18,19). The summed E-state index contributed by atoms with van der Waals surface area (Å²) in [5.41, 5.74) is -0.870. The van der Waals surface area contributed by atoms with Gasteiger partial charge in [-0.1, -0.05) is 19.3 Å². The van der Waals surface area contributed by atoms with Crippen LogP contribution in [-0.2, 0) is 4.79 Å². The lowest BCUT2D eigenvalue weighted by Gasteiger charge is -2.36. The van der Waals surface area contributed by atoms with Gasteiger partial charge in [-0.3, -0.25) is 4.79 Å². The van der Waals surface area contributed by atoms with E-state index in [4.69, 9.17) is 0 Å². The number of carbonyl (C=O) groups is 2. The van der Waals surface area contributed by atoms with Gasteiger partial charge in [0.2, 0.25) is 0 Å². The molecule has 0 aromatic rings. The minimum Gasteiger partial charge on any atom is -0.481 e. The summed E-state index contributed by atoms with van der Waals surface area (Å²) < 4.78 is 0. The second-order valence-corrected chi connectivity index (χ2v) is 6.87. The SMILES string of the molecule is CC1(C)CCCN1C(=O)NCC1(C(=O)O)CCCCC1. The molecule has 1 heterocycles. The van der Waals surface area contributed by atoms with Crippen LogP contribution in [-0.4, -0.2) is 40.6 Å². The number of aliphatic carboxylic acids is 1. The Labute approximate surface area is 120 Å². The molecule has 5 nitrogen and oxygen atoms in total. The Balaban J connectivity index is 1.96. The highest BCUT2D eigenvalue weighted by Gasteiger charge is 2.41. The van der Waals surface area contributed by atoms with Crippen molar-refractivity contribution in [3.63, 3.8) is 0 Å². The van der Waals surface area contributed by atoms with E-state index in [-0.39, 0.29) is 18.1 Å². The Morgan fingerprint density at radius 1 is 1.10 bits per heavy atom. The van der Waals surface area contributed by atoms with E-state index in [2.05, 4.69) is 19.2 Å². The smallest absolute Gasteiger partial charge is 0.317 e. The summed E-state index contributed by atoms with van der Waals surface area (Å²) in [5, 5.41) is 12.4. The first-order chi connectivity index (χ1) is 9.37. The molecule has 114 valence electrons. The van der Waals surface area contributed by atoms with Gasteiger partial charge in [-0.25, -0.2) is 4.79 Å². The van der Waals surface area contributed by atoms with Crippen LogP contribution in [0.1, 0.15) is 58.8 Å². The number of urea groups is 1. The molecule has 0 atom stereocenters. The van der Waals surface area contributed by atoms with Gasteiger partial charge < -0.3 is 15.3 Å². The number of rotatable bonds is 3. The topological polar surface area (TPSA) is 69.6 Å². The molecule has 1 aliphatic heterocycles. The van der Waals surface area contributed by atoms with Crippen molar-refractivity contribution in [2.75, 3.05) is 13.1 Å². The van der Waals surface area contributed by atoms with Crippen LogP contribution < -0.4 is 5.32 Å². The van der Waals surface area contributed by atoms with E-state index < -0.39 is 11.4 Å². The maximum Gasteiger partial charge on any atom is 0.317 e. The highest BCUT2D eigenvalue weighted by molar-refractivity contribution is 5.78. The van der Waals surface area contributed by atoms with Gasteiger partial charge in [-0.15, -0.1) is 0 Å². The first kappa shape index (κ1) is 15.1. The Morgan fingerprint density at radius 2 is 1.75 bits per heavy atom. The van der Waals surface area contributed by atoms with E-state index >= 15 is 0 Å². The molecular formula is C15H26N2O3. The quantitative estimate of drug-likeness (QED) is 0.836. The Morgan fingerprint density at radius 3 is 2.25 bits per heavy atom. The lowest BCUT2D eigenvalue weighted by molar-refractivity contribution is -0.150. The summed E-state index contributed by atoms with van der Waals surface area (Å²) in [4.78, 5) is 25.7. The minimum absolute atomic E-state index is 0.112. The molecule has 1 saturated heterocycles. The molecule has 0 unspecified atom stereocenters. The fourth-order valence-electron chi connectivity index (χ4n) is 3.52. The van der Waals surface area contributed by atoms with E-state index in [1.165, 1.54) is 0 Å². The highest BCUT2D eigenvalue weighted by Crippen LogP contribution is 2.36. The zero-order valence-electron chi connectivity index (χ0n) is 12.6. The van der Waals surface area contributed by atoms with Crippen molar-refractivity contribution < 1.29 is 14.7 Å². The number of carboxylic acids is 1. The monoisotopic (exact) mass is 282 g/mol. The van der Waals surface area contributed by atoms with Crippen LogP contribution >= 0.6 is 0 Å². The molecule has 2 aliphatic rings. The van der Waals surface area contributed by atoms with Gasteiger partial charge in [0.25, 0.3) is 0 Å². The number of amides is 2. The molecule has 2 fully saturated rings. The van der Waals surface area contributed by atoms with Crippen molar-refractivity contribution in [2.45, 2.75) is 64.3 Å². The number of hydrogen-bond donors (Lipinski definition) is 2. The van der Waals surface area contributed by atoms with Crippen molar-refractivity contribution in [1.82, 2.24) is 10.2 Å². The molecule has 20 heavy (non-hydrogen) atoms. The molecule has 2 amide bonds. The summed E-state index contributed by atoms with van der Waals surface area (Å²) in [6.07, 6.45) is 6.35. The first-order valence-electron chi connectivity index (χ1n) is 7.66. The van der Waals surface area contributed by atoms with Gasteiger partial charge in [0.1, 0.15) is 0 Å². The largest absolute Gasteiger partial charge is 0.481 e. The minimum atomic E-state index is -0.766. The molecular weight excluding hydrogens is 256 g/mol. The average molecular weight is 282 g/mol. The lowest BCUT2D eigenvalue weighted by Crippen LogP contribution is -2.52. The molecule has 2 rings (SSSR count). The van der Waals surface area contributed by atoms with E-state index in [1.54, 1.807) is 0 Å². The average Bonchev–Trinajstić information content (AvgIpc) is 2.76. The summed E-state index contributed by atoms with van der Waals surface area (Å²) in [6, 6.07) is -0.112. The molecule has 5 heteroatoms. The molecule has 0 radical (unpaired) electrons. The summed E-state index contributed by atoms with van der Waals surface area (Å²) in [7, 11) is 0. The maximum absolute atomic E-state index is 12.3. The van der Waals surface area contributed by atoms with E-state index in [9.17, 15) is 14.7 Å². The predicted molar refractivity (Wildman–Crippen MR) is 76.6 cm³/mol. The second kappa shape index (κ2) is 5.62. The normalized spacial score (nSPS) is 24.4. The molecule has 1 aliphatic carbocycles. The van der Waals surface area contributed by atoms with E-state index in [0.29, 0.717) is 12.8 Å². The van der Waals surface area contributed by atoms with Crippen molar-refractivity contribution >= 4 is 12.0 Å². The third-order valence-electron chi connectivity index (χ3n) is 4.99. The second-order valence-electron chi connectivity index (χ2n) is 6.87. The number of hydrogen-bond acceptors (Lipinski definition) is 2. The number of nitrogens with one attached hydrogen (secondary N) is 1. The third kappa shape index (κ3) is 2.91. The zero-order chi connectivity index (χ0) is 14.8. The fourth-order valence-corrected chi connectivity index (χ4v) is 3.52. The van der Waals surface area contributed by atoms with Crippen molar-refractivity contribution in [1.29, 1.82) is 0 Å². The van der Waals surface area contributed by atoms with Gasteiger partial charge in [0, 0.05) is 18.6 Å². The van der Waals surface area contributed by atoms with Crippen molar-refractivity contribution in [2.24, 2.45) is 5.41 Å². The van der Waals surface area contributed by atoms with Crippen LogP contribution in [0.3, 0.4) is 0 Å². The number of likely N-dealkylation sites (tertiary alicyclic amines) is 1. The zero-order valence-corrected chi connectivity index (χ0v) is 12.6. The van der Waals surface area contributed by atoms with Gasteiger partial charge in [-0.2, -0.15) is 0 Å². The molecule has 0 bridgehead atoms. The Bertz CT molecular complexity index is 387. The van der Waals surface area contributed by atoms with Crippen LogP contribution in [0.15, 0.2) is 0 Å². The van der Waals surface area contributed by atoms with Gasteiger partial charge in [-0.05, 0) is 39.5 Å². The third-order valence-corrected chi connectivity index (χ3v) is 4.99. The molecule has 0 aromatic carbocycles. The van der Waals surface area contributed by atoms with Crippen LogP contribution in [0.5, 0.6) is 0 Å². The molecule has 0 aromatic heterocycles. The van der Waals surface area contributed by atoms with Crippen molar-refractivity contribution in [3.8, 4) is 0 Å². The lowest BCUT2D eigenvalue weighted by atomic mass is 9.74. The Kier molecular flexibility index (Phi) is 4.25. The summed E-state index contributed by atoms with van der Waals surface area (Å²) in [6.45, 7) is 5.15. The first-order valence-corrected chi connectivity index (χ1v) is 7.66. The van der Waals surface area contributed by atoms with Gasteiger partial charge in [0.15, 0.2) is 0 Å². The maximum atomic E-state index is 12.3. The molecule has 2 N–H and O–H groups in total.